The van der Waals surface area contributed by atoms with Crippen molar-refractivity contribution in [2.45, 2.75) is 19.5 Å². The van der Waals surface area contributed by atoms with Crippen molar-refractivity contribution in [3.8, 4) is 5.75 Å². The minimum absolute atomic E-state index is 0.00527. The number of nitrogens with zero attached hydrogens (tertiary/aromatic N) is 3. The molecule has 43 heavy (non-hydrogen) atoms. The van der Waals surface area contributed by atoms with Gasteiger partial charge in [-0.05, 0) is 48.4 Å². The number of thiazole rings is 1. The van der Waals surface area contributed by atoms with Gasteiger partial charge in [-0.3, -0.25) is 14.2 Å². The first-order valence-corrected chi connectivity index (χ1v) is 14.3. The van der Waals surface area contributed by atoms with Crippen molar-refractivity contribution in [1.82, 2.24) is 4.57 Å². The Bertz CT molecular complexity index is 1990. The summed E-state index contributed by atoms with van der Waals surface area (Å²) in [7, 11) is 1.55. The molecular weight excluding hydrogens is 569 g/mol. The number of hydrogen-bond acceptors (Lipinski definition) is 7. The molecule has 6 rings (SSSR count). The molecule has 0 spiro atoms. The van der Waals surface area contributed by atoms with Crippen LogP contribution in [0.3, 0.4) is 0 Å². The van der Waals surface area contributed by atoms with Gasteiger partial charge in [0.05, 0.1) is 42.2 Å². The molecule has 3 aromatic carbocycles. The molecule has 8 nitrogen and oxygen atoms in total. The molecule has 2 aliphatic heterocycles. The van der Waals surface area contributed by atoms with E-state index in [0.29, 0.717) is 33.1 Å². The van der Waals surface area contributed by atoms with Gasteiger partial charge in [-0.2, -0.15) is 0 Å². The molecule has 1 amide bonds. The van der Waals surface area contributed by atoms with E-state index in [9.17, 15) is 18.8 Å². The summed E-state index contributed by atoms with van der Waals surface area (Å²) in [6.45, 7) is 5.50. The number of methoxy groups -OCH3 is 1. The minimum atomic E-state index is -0.851. The molecule has 216 valence electrons. The van der Waals surface area contributed by atoms with Crippen LogP contribution in [0.25, 0.3) is 5.57 Å². The van der Waals surface area contributed by atoms with Crippen LogP contribution in [0, 0.1) is 5.82 Å². The van der Waals surface area contributed by atoms with Crippen LogP contribution >= 0.6 is 11.3 Å². The Kier molecular flexibility index (Phi) is 7.37. The van der Waals surface area contributed by atoms with E-state index in [1.807, 2.05) is 18.2 Å². The standard InChI is InChI=1S/C33H26FN3O5S/c1-4-17-42-32(40)26-19(2)35-33-37(28(26)21-11-15-23(41-3)16-12-21)31(39)29(43-33)27-24-7-5-6-8-25(24)36(30(27)38)18-20-9-13-22(34)14-10-20/h4-16,28H,1,17-18H2,2-3H3/b29-27-/t28-/m0/s1. The highest BCUT2D eigenvalue weighted by Crippen LogP contribution is 2.37. The van der Waals surface area contributed by atoms with Crippen LogP contribution < -0.4 is 24.5 Å². The number of amides is 1. The first-order valence-electron chi connectivity index (χ1n) is 13.4. The summed E-state index contributed by atoms with van der Waals surface area (Å²) in [5.74, 6) is -0.719. The van der Waals surface area contributed by atoms with Gasteiger partial charge in [0, 0.05) is 5.56 Å². The number of aromatic nitrogens is 1. The predicted octanol–water partition coefficient (Wildman–Crippen LogP) is 4.03. The Morgan fingerprint density at radius 3 is 2.49 bits per heavy atom. The van der Waals surface area contributed by atoms with Gasteiger partial charge in [-0.15, -0.1) is 0 Å². The zero-order chi connectivity index (χ0) is 30.2. The fraction of sp³-hybridized carbons (Fsp3) is 0.152. The summed E-state index contributed by atoms with van der Waals surface area (Å²) in [5, 5.41) is 0. The topological polar surface area (TPSA) is 90.2 Å². The lowest BCUT2D eigenvalue weighted by Crippen LogP contribution is -2.41. The normalized spacial score (nSPS) is 16.9. The van der Waals surface area contributed by atoms with Crippen LogP contribution in [-0.2, 0) is 20.9 Å². The summed E-state index contributed by atoms with van der Waals surface area (Å²) in [6.07, 6.45) is 1.47. The lowest BCUT2D eigenvalue weighted by Gasteiger charge is -2.24. The molecule has 4 aromatic rings. The number of esters is 1. The number of carbonyl (C=O) groups excluding carboxylic acids is 2. The van der Waals surface area contributed by atoms with E-state index in [1.54, 1.807) is 61.4 Å². The summed E-state index contributed by atoms with van der Waals surface area (Å²) in [4.78, 5) is 48.2. The molecule has 0 bridgehead atoms. The number of para-hydroxylation sites is 1. The van der Waals surface area contributed by atoms with Gasteiger partial charge in [0.25, 0.3) is 11.5 Å². The van der Waals surface area contributed by atoms with E-state index >= 15 is 0 Å². The van der Waals surface area contributed by atoms with Gasteiger partial charge in [0.2, 0.25) is 0 Å². The molecule has 0 N–H and O–H groups in total. The van der Waals surface area contributed by atoms with Crippen LogP contribution in [0.15, 0.2) is 107 Å². The fourth-order valence-corrected chi connectivity index (χ4v) is 6.51. The Morgan fingerprint density at radius 2 is 1.79 bits per heavy atom. The molecule has 0 unspecified atom stereocenters. The van der Waals surface area contributed by atoms with Crippen LogP contribution in [0.5, 0.6) is 5.75 Å². The van der Waals surface area contributed by atoms with Crippen molar-refractivity contribution in [2.24, 2.45) is 4.99 Å². The Balaban J connectivity index is 1.55. The van der Waals surface area contributed by atoms with Crippen molar-refractivity contribution in [3.63, 3.8) is 0 Å². The van der Waals surface area contributed by atoms with E-state index in [0.717, 1.165) is 16.9 Å². The smallest absolute Gasteiger partial charge is 0.338 e. The van der Waals surface area contributed by atoms with E-state index in [1.165, 1.54) is 22.8 Å². The number of fused-ring (bicyclic) bond motifs is 2. The first-order chi connectivity index (χ1) is 20.8. The number of allylic oxidation sites excluding steroid dienone is 1. The van der Waals surface area contributed by atoms with Gasteiger partial charge in [-0.1, -0.05) is 66.5 Å². The Labute approximate surface area is 250 Å². The third-order valence-corrected chi connectivity index (χ3v) is 8.44. The largest absolute Gasteiger partial charge is 0.497 e. The second-order valence-electron chi connectivity index (χ2n) is 9.97. The molecule has 1 aromatic heterocycles. The summed E-state index contributed by atoms with van der Waals surface area (Å²) >= 11 is 1.10. The molecule has 0 aliphatic carbocycles. The maximum Gasteiger partial charge on any atom is 0.338 e. The van der Waals surface area contributed by atoms with Gasteiger partial charge >= 0.3 is 5.97 Å². The molecule has 0 saturated heterocycles. The lowest BCUT2D eigenvalue weighted by molar-refractivity contribution is -0.138. The third-order valence-electron chi connectivity index (χ3n) is 7.39. The van der Waals surface area contributed by atoms with E-state index in [4.69, 9.17) is 9.47 Å². The van der Waals surface area contributed by atoms with Gasteiger partial charge in [-0.25, -0.2) is 14.2 Å². The van der Waals surface area contributed by atoms with Crippen molar-refractivity contribution < 1.29 is 23.5 Å². The van der Waals surface area contributed by atoms with Gasteiger partial charge < -0.3 is 14.4 Å². The molecule has 0 radical (unpaired) electrons. The van der Waals surface area contributed by atoms with Crippen LogP contribution in [0.4, 0.5) is 10.1 Å². The van der Waals surface area contributed by atoms with Crippen LogP contribution in [-0.4, -0.2) is 30.2 Å². The average molecular weight is 596 g/mol. The number of rotatable bonds is 7. The molecule has 2 aliphatic rings. The summed E-state index contributed by atoms with van der Waals surface area (Å²) in [6, 6.07) is 19.4. The van der Waals surface area contributed by atoms with E-state index < -0.39 is 17.6 Å². The molecule has 0 fully saturated rings. The van der Waals surface area contributed by atoms with Crippen molar-refractivity contribution in [3.05, 3.63) is 139 Å². The SMILES string of the molecule is C=CCOC(=O)C1=C(C)N=c2s/c(=C3\C(=O)N(Cc4ccc(F)cc4)c4ccccc43)c(=O)n2[C@H]1c1ccc(OC)cc1. The second kappa shape index (κ2) is 11.3. The predicted molar refractivity (Wildman–Crippen MR) is 161 cm³/mol. The van der Waals surface area contributed by atoms with Gasteiger partial charge in [0.15, 0.2) is 4.80 Å². The van der Waals surface area contributed by atoms with Gasteiger partial charge in [0.1, 0.15) is 22.7 Å². The quantitative estimate of drug-likeness (QED) is 0.238. The number of anilines is 1. The van der Waals surface area contributed by atoms with Crippen LogP contribution in [0.1, 0.15) is 29.7 Å². The monoisotopic (exact) mass is 595 g/mol. The van der Waals surface area contributed by atoms with Crippen LogP contribution in [0.2, 0.25) is 0 Å². The highest BCUT2D eigenvalue weighted by Gasteiger charge is 2.37. The third kappa shape index (κ3) is 4.89. The molecular formula is C33H26FN3O5S. The summed E-state index contributed by atoms with van der Waals surface area (Å²) in [5.41, 5.74) is 3.08. The number of carbonyl (C=O) groups is 2. The highest BCUT2D eigenvalue weighted by molar-refractivity contribution is 7.07. The first kappa shape index (κ1) is 28.0. The number of halogens is 1. The lowest BCUT2D eigenvalue weighted by atomic mass is 9.96. The fourth-order valence-electron chi connectivity index (χ4n) is 5.38. The average Bonchev–Trinajstić information content (AvgIpc) is 3.48. The maximum atomic E-state index is 14.3. The van der Waals surface area contributed by atoms with E-state index in [2.05, 4.69) is 11.6 Å². The minimum Gasteiger partial charge on any atom is -0.497 e. The number of hydrogen-bond donors (Lipinski definition) is 0. The summed E-state index contributed by atoms with van der Waals surface area (Å²) < 4.78 is 25.9. The van der Waals surface area contributed by atoms with Crippen molar-refractivity contribution in [1.29, 1.82) is 0 Å². The zero-order valence-electron chi connectivity index (χ0n) is 23.4. The van der Waals surface area contributed by atoms with Crippen molar-refractivity contribution >= 4 is 34.5 Å². The second-order valence-corrected chi connectivity index (χ2v) is 11.0. The van der Waals surface area contributed by atoms with E-state index in [-0.39, 0.29) is 40.6 Å². The molecule has 3 heterocycles. The zero-order valence-corrected chi connectivity index (χ0v) is 24.2. The number of benzene rings is 3. The number of ether oxygens (including phenoxy) is 2. The molecule has 10 heteroatoms. The molecule has 0 saturated carbocycles. The highest BCUT2D eigenvalue weighted by atomic mass is 32.1. The Hall–Kier alpha value is -5.09. The maximum absolute atomic E-state index is 14.3. The van der Waals surface area contributed by atoms with Crippen molar-refractivity contribution in [2.75, 3.05) is 18.6 Å². The Morgan fingerprint density at radius 1 is 1.07 bits per heavy atom. The molecule has 1 atom stereocenters.